The van der Waals surface area contributed by atoms with E-state index in [4.69, 9.17) is 4.52 Å². The normalized spacial score (nSPS) is 10.6. The van der Waals surface area contributed by atoms with Crippen LogP contribution in [0.5, 0.6) is 0 Å². The van der Waals surface area contributed by atoms with Crippen LogP contribution in [0.25, 0.3) is 0 Å². The first kappa shape index (κ1) is 18.7. The molecule has 2 rings (SSSR count). The van der Waals surface area contributed by atoms with E-state index in [1.807, 2.05) is 18.2 Å². The second-order valence-corrected chi connectivity index (χ2v) is 5.92. The molecule has 25 heavy (non-hydrogen) atoms. The Balaban J connectivity index is 2.14. The summed E-state index contributed by atoms with van der Waals surface area (Å²) in [5.74, 6) is 0.748. The fraction of sp³-hybridized carbons (Fsp3) is 0.421. The first-order valence-electron chi connectivity index (χ1n) is 8.58. The number of para-hydroxylation sites is 1. The van der Waals surface area contributed by atoms with E-state index in [-0.39, 0.29) is 18.2 Å². The molecule has 0 saturated heterocycles. The third-order valence-corrected chi connectivity index (χ3v) is 4.07. The predicted octanol–water partition coefficient (Wildman–Crippen LogP) is 3.49. The van der Waals surface area contributed by atoms with Crippen molar-refractivity contribution in [1.82, 2.24) is 5.16 Å². The van der Waals surface area contributed by atoms with Crippen molar-refractivity contribution in [3.8, 4) is 0 Å². The minimum atomic E-state index is -0.202. The number of carbonyl (C=O) groups excluding carboxylic acids is 2. The molecule has 0 aliphatic carbocycles. The largest absolute Gasteiger partial charge is 0.360 e. The van der Waals surface area contributed by atoms with Gasteiger partial charge in [0.25, 0.3) is 0 Å². The van der Waals surface area contributed by atoms with Crippen molar-refractivity contribution in [3.05, 3.63) is 41.2 Å². The molecule has 2 aromatic rings. The van der Waals surface area contributed by atoms with Crippen LogP contribution in [0.15, 0.2) is 28.8 Å². The molecule has 0 unspecified atom stereocenters. The molecule has 0 bridgehead atoms. The monoisotopic (exact) mass is 343 g/mol. The molecule has 0 spiro atoms. The number of hydrogen-bond acceptors (Lipinski definition) is 4. The van der Waals surface area contributed by atoms with Crippen LogP contribution >= 0.6 is 0 Å². The van der Waals surface area contributed by atoms with Gasteiger partial charge in [-0.1, -0.05) is 37.2 Å². The maximum absolute atomic E-state index is 12.2. The lowest BCUT2D eigenvalue weighted by Gasteiger charge is -2.26. The molecule has 0 radical (unpaired) electrons. The molecule has 6 heteroatoms. The molecular weight excluding hydrogens is 318 g/mol. The summed E-state index contributed by atoms with van der Waals surface area (Å²) >= 11 is 0. The number of aromatic nitrogens is 1. The van der Waals surface area contributed by atoms with Gasteiger partial charge in [-0.25, -0.2) is 0 Å². The molecule has 0 saturated carbocycles. The second kappa shape index (κ2) is 8.46. The SMILES string of the molecule is CCc1cccc(CC)c1N(CCC(=O)Nc1cc(C)on1)C(C)=O. The number of hydrogen-bond donors (Lipinski definition) is 1. The van der Waals surface area contributed by atoms with Gasteiger partial charge in [-0.15, -0.1) is 0 Å². The Morgan fingerprint density at radius 3 is 2.32 bits per heavy atom. The number of rotatable bonds is 7. The Bertz CT molecular complexity index is 730. The average Bonchev–Trinajstić information content (AvgIpc) is 2.99. The van der Waals surface area contributed by atoms with Crippen molar-refractivity contribution in [2.75, 3.05) is 16.8 Å². The Hall–Kier alpha value is -2.63. The summed E-state index contributed by atoms with van der Waals surface area (Å²) in [7, 11) is 0. The van der Waals surface area contributed by atoms with Gasteiger partial charge in [-0.3, -0.25) is 9.59 Å². The van der Waals surface area contributed by atoms with E-state index < -0.39 is 0 Å². The van der Waals surface area contributed by atoms with Gasteiger partial charge in [-0.05, 0) is 30.9 Å². The first-order chi connectivity index (χ1) is 12.0. The van der Waals surface area contributed by atoms with E-state index in [9.17, 15) is 9.59 Å². The number of nitrogens with zero attached hydrogens (tertiary/aromatic N) is 2. The van der Waals surface area contributed by atoms with E-state index in [1.54, 1.807) is 17.9 Å². The number of aryl methyl sites for hydroxylation is 3. The van der Waals surface area contributed by atoms with Gasteiger partial charge in [0.15, 0.2) is 5.82 Å². The molecule has 1 N–H and O–H groups in total. The van der Waals surface area contributed by atoms with Crippen LogP contribution in [0.4, 0.5) is 11.5 Å². The maximum Gasteiger partial charge on any atom is 0.227 e. The number of benzene rings is 1. The highest BCUT2D eigenvalue weighted by Crippen LogP contribution is 2.27. The van der Waals surface area contributed by atoms with Gasteiger partial charge >= 0.3 is 0 Å². The lowest BCUT2D eigenvalue weighted by molar-refractivity contribution is -0.117. The second-order valence-electron chi connectivity index (χ2n) is 5.92. The molecule has 1 aromatic carbocycles. The molecule has 0 atom stereocenters. The lowest BCUT2D eigenvalue weighted by Crippen LogP contribution is -2.33. The van der Waals surface area contributed by atoms with E-state index in [0.717, 1.165) is 29.7 Å². The van der Waals surface area contributed by atoms with E-state index >= 15 is 0 Å². The highest BCUT2D eigenvalue weighted by molar-refractivity contribution is 5.95. The molecular formula is C19H25N3O3. The van der Waals surface area contributed by atoms with Gasteiger partial charge in [0.2, 0.25) is 11.8 Å². The molecule has 0 aliphatic rings. The average molecular weight is 343 g/mol. The molecule has 134 valence electrons. The fourth-order valence-corrected chi connectivity index (χ4v) is 2.83. The summed E-state index contributed by atoms with van der Waals surface area (Å²) in [5, 5.41) is 6.43. The molecule has 6 nitrogen and oxygen atoms in total. The molecule has 0 aliphatic heterocycles. The van der Waals surface area contributed by atoms with Crippen molar-refractivity contribution >= 4 is 23.3 Å². The van der Waals surface area contributed by atoms with Gasteiger partial charge in [0.05, 0.1) is 0 Å². The Kier molecular flexibility index (Phi) is 6.33. The van der Waals surface area contributed by atoms with Crippen LogP contribution in [-0.2, 0) is 22.4 Å². The molecule has 2 amide bonds. The standard InChI is InChI=1S/C19H25N3O3/c1-5-15-8-7-9-16(6-2)19(15)22(14(4)23)11-10-18(24)20-17-12-13(3)25-21-17/h7-9,12H,5-6,10-11H2,1-4H3,(H,20,21,24). The zero-order valence-corrected chi connectivity index (χ0v) is 15.3. The third kappa shape index (κ3) is 4.68. The number of anilines is 2. The summed E-state index contributed by atoms with van der Waals surface area (Å²) in [6, 6.07) is 7.73. The van der Waals surface area contributed by atoms with E-state index in [2.05, 4.69) is 24.3 Å². The quantitative estimate of drug-likeness (QED) is 0.835. The summed E-state index contributed by atoms with van der Waals surface area (Å²) in [6.45, 7) is 7.74. The Labute approximate surface area is 148 Å². The van der Waals surface area contributed by atoms with Crippen molar-refractivity contribution in [2.24, 2.45) is 0 Å². The highest BCUT2D eigenvalue weighted by Gasteiger charge is 2.19. The molecule has 0 fully saturated rings. The summed E-state index contributed by atoms with van der Waals surface area (Å²) in [6.07, 6.45) is 1.85. The molecule has 1 aromatic heterocycles. The van der Waals surface area contributed by atoms with Crippen LogP contribution in [0.2, 0.25) is 0 Å². The van der Waals surface area contributed by atoms with Crippen molar-refractivity contribution in [1.29, 1.82) is 0 Å². The Morgan fingerprint density at radius 1 is 1.20 bits per heavy atom. The van der Waals surface area contributed by atoms with Crippen molar-refractivity contribution in [2.45, 2.75) is 47.0 Å². The highest BCUT2D eigenvalue weighted by atomic mass is 16.5. The van der Waals surface area contributed by atoms with Gasteiger partial charge in [0, 0.05) is 31.6 Å². The summed E-state index contributed by atoms with van der Waals surface area (Å²) < 4.78 is 4.93. The summed E-state index contributed by atoms with van der Waals surface area (Å²) in [4.78, 5) is 26.1. The number of nitrogens with one attached hydrogen (secondary N) is 1. The van der Waals surface area contributed by atoms with Gasteiger partial charge in [0.1, 0.15) is 5.76 Å². The Morgan fingerprint density at radius 2 is 1.84 bits per heavy atom. The third-order valence-electron chi connectivity index (χ3n) is 4.07. The van der Waals surface area contributed by atoms with E-state index in [1.165, 1.54) is 6.92 Å². The zero-order valence-electron chi connectivity index (χ0n) is 15.3. The van der Waals surface area contributed by atoms with Crippen molar-refractivity contribution in [3.63, 3.8) is 0 Å². The minimum Gasteiger partial charge on any atom is -0.360 e. The van der Waals surface area contributed by atoms with Crippen LogP contribution in [-0.4, -0.2) is 23.5 Å². The summed E-state index contributed by atoms with van der Waals surface area (Å²) in [5.41, 5.74) is 3.16. The topological polar surface area (TPSA) is 75.4 Å². The van der Waals surface area contributed by atoms with Gasteiger partial charge < -0.3 is 14.7 Å². The van der Waals surface area contributed by atoms with Crippen LogP contribution in [0.3, 0.4) is 0 Å². The lowest BCUT2D eigenvalue weighted by atomic mass is 10.0. The van der Waals surface area contributed by atoms with E-state index in [0.29, 0.717) is 18.1 Å². The van der Waals surface area contributed by atoms with Crippen molar-refractivity contribution < 1.29 is 14.1 Å². The van der Waals surface area contributed by atoms with Crippen LogP contribution in [0, 0.1) is 6.92 Å². The number of amides is 2. The predicted molar refractivity (Wildman–Crippen MR) is 97.7 cm³/mol. The number of carbonyl (C=O) groups is 2. The maximum atomic E-state index is 12.2. The molecule has 1 heterocycles. The van der Waals surface area contributed by atoms with Crippen LogP contribution < -0.4 is 10.2 Å². The smallest absolute Gasteiger partial charge is 0.227 e. The van der Waals surface area contributed by atoms with Gasteiger partial charge in [-0.2, -0.15) is 0 Å². The minimum absolute atomic E-state index is 0.0688. The zero-order chi connectivity index (χ0) is 18.4. The first-order valence-corrected chi connectivity index (χ1v) is 8.58. The fourth-order valence-electron chi connectivity index (χ4n) is 2.83. The van der Waals surface area contributed by atoms with Crippen LogP contribution in [0.1, 0.15) is 44.1 Å².